The van der Waals surface area contributed by atoms with Gasteiger partial charge in [-0.05, 0) is 31.4 Å². The molecule has 0 aliphatic carbocycles. The number of hydrogen-bond acceptors (Lipinski definition) is 3. The first kappa shape index (κ1) is 13.8. The fourth-order valence-electron chi connectivity index (χ4n) is 2.42. The van der Waals surface area contributed by atoms with Crippen molar-refractivity contribution in [2.24, 2.45) is 5.92 Å². The second-order valence-electron chi connectivity index (χ2n) is 4.85. The number of hydrogen-bond donors (Lipinski definition) is 0. The molecule has 6 heteroatoms. The minimum Gasteiger partial charge on any atom is -0.356 e. The monoisotopic (exact) mass is 272 g/mol. The number of aromatic nitrogens is 1. The van der Waals surface area contributed by atoms with E-state index < -0.39 is 12.1 Å². The molecule has 1 atom stereocenters. The average Bonchev–Trinajstić information content (AvgIpc) is 2.37. The molecule has 2 rings (SSSR count). The molecule has 0 bridgehead atoms. The lowest BCUT2D eigenvalue weighted by Crippen LogP contribution is -2.42. The minimum absolute atomic E-state index is 0.0578. The van der Waals surface area contributed by atoms with E-state index in [1.165, 1.54) is 6.20 Å². The summed E-state index contributed by atoms with van der Waals surface area (Å²) < 4.78 is 38.3. The first-order valence-corrected chi connectivity index (χ1v) is 6.15. The fraction of sp³-hybridized carbons (Fsp3) is 0.538. The van der Waals surface area contributed by atoms with E-state index in [0.29, 0.717) is 30.6 Å². The van der Waals surface area contributed by atoms with Gasteiger partial charge < -0.3 is 4.90 Å². The third kappa shape index (κ3) is 3.05. The molecule has 0 aromatic carbocycles. The maximum absolute atomic E-state index is 12.8. The highest BCUT2D eigenvalue weighted by Crippen LogP contribution is 2.34. The Morgan fingerprint density at radius 1 is 1.47 bits per heavy atom. The Morgan fingerprint density at radius 2 is 2.21 bits per heavy atom. The Labute approximate surface area is 109 Å². The van der Waals surface area contributed by atoms with Gasteiger partial charge in [0.1, 0.15) is 5.82 Å². The molecule has 1 saturated heterocycles. The summed E-state index contributed by atoms with van der Waals surface area (Å²) in [5.41, 5.74) is 1.16. The largest absolute Gasteiger partial charge is 0.393 e. The molecule has 104 valence electrons. The van der Waals surface area contributed by atoms with Gasteiger partial charge in [-0.1, -0.05) is 0 Å². The van der Waals surface area contributed by atoms with Gasteiger partial charge in [0, 0.05) is 24.8 Å². The number of nitrogens with zero attached hydrogens (tertiary/aromatic N) is 2. The lowest BCUT2D eigenvalue weighted by Gasteiger charge is -2.35. The predicted molar refractivity (Wildman–Crippen MR) is 65.4 cm³/mol. The van der Waals surface area contributed by atoms with Crippen LogP contribution in [0.4, 0.5) is 19.0 Å². The van der Waals surface area contributed by atoms with E-state index in [1.807, 2.05) is 0 Å². The molecule has 0 saturated carbocycles. The van der Waals surface area contributed by atoms with Crippen molar-refractivity contribution >= 4 is 12.1 Å². The van der Waals surface area contributed by atoms with Crippen LogP contribution in [0.3, 0.4) is 0 Å². The zero-order valence-corrected chi connectivity index (χ0v) is 10.6. The topological polar surface area (TPSA) is 33.2 Å². The Morgan fingerprint density at radius 3 is 2.79 bits per heavy atom. The lowest BCUT2D eigenvalue weighted by molar-refractivity contribution is -0.176. The summed E-state index contributed by atoms with van der Waals surface area (Å²) in [4.78, 5) is 16.4. The number of piperidine rings is 1. The number of pyridine rings is 1. The molecule has 1 aliphatic rings. The Kier molecular flexibility index (Phi) is 3.78. The maximum atomic E-state index is 12.8. The number of aryl methyl sites for hydroxylation is 1. The van der Waals surface area contributed by atoms with Crippen LogP contribution in [0.25, 0.3) is 0 Å². The van der Waals surface area contributed by atoms with Crippen LogP contribution in [0.15, 0.2) is 12.3 Å². The van der Waals surface area contributed by atoms with Crippen LogP contribution in [-0.4, -0.2) is 30.5 Å². The Bertz CT molecular complexity index is 473. The third-order valence-electron chi connectivity index (χ3n) is 3.39. The first-order chi connectivity index (χ1) is 8.91. The summed E-state index contributed by atoms with van der Waals surface area (Å²) in [6.45, 7) is 2.27. The first-order valence-electron chi connectivity index (χ1n) is 6.15. The van der Waals surface area contributed by atoms with Crippen molar-refractivity contribution in [1.82, 2.24) is 4.98 Å². The summed E-state index contributed by atoms with van der Waals surface area (Å²) in [6, 6.07) is 1.65. The van der Waals surface area contributed by atoms with Crippen molar-refractivity contribution in [1.29, 1.82) is 0 Å². The van der Waals surface area contributed by atoms with Gasteiger partial charge in [-0.3, -0.25) is 4.79 Å². The maximum Gasteiger partial charge on any atom is 0.393 e. The zero-order chi connectivity index (χ0) is 14.0. The minimum atomic E-state index is -4.16. The molecule has 1 aromatic heterocycles. The normalized spacial score (nSPS) is 20.4. The second kappa shape index (κ2) is 5.19. The summed E-state index contributed by atoms with van der Waals surface area (Å²) in [7, 11) is 0. The Balaban J connectivity index is 2.20. The summed E-state index contributed by atoms with van der Waals surface area (Å²) in [5, 5.41) is 0. The fourth-order valence-corrected chi connectivity index (χ4v) is 2.42. The summed E-state index contributed by atoms with van der Waals surface area (Å²) >= 11 is 0. The number of halogens is 3. The van der Waals surface area contributed by atoms with Crippen LogP contribution in [0.2, 0.25) is 0 Å². The van der Waals surface area contributed by atoms with Crippen LogP contribution in [0.1, 0.15) is 28.8 Å². The smallest absolute Gasteiger partial charge is 0.356 e. The van der Waals surface area contributed by atoms with Crippen LogP contribution in [-0.2, 0) is 0 Å². The predicted octanol–water partition coefficient (Wildman–Crippen LogP) is 2.98. The van der Waals surface area contributed by atoms with Gasteiger partial charge >= 0.3 is 6.18 Å². The number of rotatable bonds is 2. The van der Waals surface area contributed by atoms with E-state index in [2.05, 4.69) is 4.98 Å². The van der Waals surface area contributed by atoms with E-state index >= 15 is 0 Å². The van der Waals surface area contributed by atoms with Crippen LogP contribution >= 0.6 is 0 Å². The molecule has 19 heavy (non-hydrogen) atoms. The van der Waals surface area contributed by atoms with E-state index in [0.717, 1.165) is 5.56 Å². The lowest BCUT2D eigenvalue weighted by atomic mass is 9.97. The number of anilines is 1. The zero-order valence-electron chi connectivity index (χ0n) is 10.6. The van der Waals surface area contributed by atoms with Gasteiger partial charge in [-0.25, -0.2) is 4.98 Å². The number of carbonyl (C=O) groups excluding carboxylic acids is 1. The van der Waals surface area contributed by atoms with E-state index in [1.54, 1.807) is 17.9 Å². The molecule has 3 nitrogen and oxygen atoms in total. The van der Waals surface area contributed by atoms with Gasteiger partial charge in [-0.2, -0.15) is 13.2 Å². The highest BCUT2D eigenvalue weighted by molar-refractivity contribution is 5.75. The molecular weight excluding hydrogens is 257 g/mol. The SMILES string of the molecule is Cc1cc(C=O)cnc1N1CCCC(C(F)(F)F)C1. The van der Waals surface area contributed by atoms with Gasteiger partial charge in [0.15, 0.2) is 6.29 Å². The van der Waals surface area contributed by atoms with Crippen molar-refractivity contribution in [2.75, 3.05) is 18.0 Å². The van der Waals surface area contributed by atoms with E-state index in [9.17, 15) is 18.0 Å². The van der Waals surface area contributed by atoms with Crippen LogP contribution < -0.4 is 4.90 Å². The van der Waals surface area contributed by atoms with Gasteiger partial charge in [0.2, 0.25) is 0 Å². The van der Waals surface area contributed by atoms with Crippen molar-refractivity contribution < 1.29 is 18.0 Å². The van der Waals surface area contributed by atoms with E-state index in [-0.39, 0.29) is 13.0 Å². The van der Waals surface area contributed by atoms with Gasteiger partial charge in [-0.15, -0.1) is 0 Å². The quantitative estimate of drug-likeness (QED) is 0.776. The Hall–Kier alpha value is -1.59. The molecule has 1 fully saturated rings. The molecule has 1 unspecified atom stereocenters. The average molecular weight is 272 g/mol. The summed E-state index contributed by atoms with van der Waals surface area (Å²) in [5.74, 6) is -0.757. The van der Waals surface area contributed by atoms with Crippen molar-refractivity contribution in [3.8, 4) is 0 Å². The second-order valence-corrected chi connectivity index (χ2v) is 4.85. The molecule has 0 spiro atoms. The standard InChI is InChI=1S/C13H15F3N2O/c1-9-5-10(8-19)6-17-12(9)18-4-2-3-11(7-18)13(14,15)16/h5-6,8,11H,2-4,7H2,1H3. The van der Waals surface area contributed by atoms with Gasteiger partial charge in [0.05, 0.1) is 5.92 Å². The van der Waals surface area contributed by atoms with Crippen molar-refractivity contribution in [2.45, 2.75) is 25.9 Å². The summed E-state index contributed by atoms with van der Waals surface area (Å²) in [6.07, 6.45) is -1.41. The number of carbonyl (C=O) groups is 1. The van der Waals surface area contributed by atoms with Crippen LogP contribution in [0, 0.1) is 12.8 Å². The molecule has 0 radical (unpaired) electrons. The van der Waals surface area contributed by atoms with Gasteiger partial charge in [0.25, 0.3) is 0 Å². The number of alkyl halides is 3. The molecular formula is C13H15F3N2O. The third-order valence-corrected chi connectivity index (χ3v) is 3.39. The molecule has 0 N–H and O–H groups in total. The highest BCUT2D eigenvalue weighted by atomic mass is 19.4. The molecule has 1 aliphatic heterocycles. The number of aldehydes is 1. The molecule has 1 aromatic rings. The molecule has 2 heterocycles. The highest BCUT2D eigenvalue weighted by Gasteiger charge is 2.42. The van der Waals surface area contributed by atoms with Crippen molar-refractivity contribution in [3.05, 3.63) is 23.4 Å². The van der Waals surface area contributed by atoms with E-state index in [4.69, 9.17) is 0 Å². The molecule has 0 amide bonds. The van der Waals surface area contributed by atoms with Crippen molar-refractivity contribution in [3.63, 3.8) is 0 Å². The van der Waals surface area contributed by atoms with Crippen LogP contribution in [0.5, 0.6) is 0 Å².